The van der Waals surface area contributed by atoms with Crippen molar-refractivity contribution in [2.24, 2.45) is 0 Å². The third kappa shape index (κ3) is 4.41. The van der Waals surface area contributed by atoms with Gasteiger partial charge in [-0.15, -0.1) is 0 Å². The van der Waals surface area contributed by atoms with Crippen LogP contribution in [0.2, 0.25) is 0 Å². The number of anilines is 2. The summed E-state index contributed by atoms with van der Waals surface area (Å²) in [4.78, 5) is 13.1. The molecule has 0 bridgehead atoms. The molecule has 5 nitrogen and oxygen atoms in total. The Morgan fingerprint density at radius 1 is 1.25 bits per heavy atom. The number of hydrogen-bond donors (Lipinski definition) is 1. The first-order valence-corrected chi connectivity index (χ1v) is 8.34. The van der Waals surface area contributed by atoms with Crippen molar-refractivity contribution in [3.63, 3.8) is 0 Å². The topological polar surface area (TPSA) is 44.3 Å². The van der Waals surface area contributed by atoms with E-state index in [0.717, 1.165) is 43.9 Å². The van der Waals surface area contributed by atoms with Crippen LogP contribution in [0.5, 0.6) is 0 Å². The van der Waals surface area contributed by atoms with Crippen LogP contribution in [0.25, 0.3) is 0 Å². The summed E-state index contributed by atoms with van der Waals surface area (Å²) < 4.78 is 13.0. The number of nitrogens with one attached hydrogen (secondary N) is 1. The number of benzene rings is 1. The smallest absolute Gasteiger partial charge is 0.226 e. The number of rotatable bonds is 5. The molecule has 1 aromatic carbocycles. The van der Waals surface area contributed by atoms with Crippen LogP contribution >= 0.6 is 0 Å². The highest BCUT2D eigenvalue weighted by atomic mass is 19.1. The van der Waals surface area contributed by atoms with Gasteiger partial charge in [-0.3, -0.25) is 4.90 Å². The third-order valence-electron chi connectivity index (χ3n) is 4.22. The summed E-state index contributed by atoms with van der Waals surface area (Å²) >= 11 is 0. The number of nitrogens with zero attached hydrogens (tertiary/aromatic N) is 4. The van der Waals surface area contributed by atoms with E-state index in [1.807, 2.05) is 37.2 Å². The Kier molecular flexibility index (Phi) is 5.25. The second-order valence-corrected chi connectivity index (χ2v) is 6.48. The molecule has 0 saturated carbocycles. The lowest BCUT2D eigenvalue weighted by atomic mass is 10.0. The van der Waals surface area contributed by atoms with Crippen LogP contribution in [-0.2, 0) is 6.54 Å². The highest BCUT2D eigenvalue weighted by molar-refractivity contribution is 5.41. The lowest BCUT2D eigenvalue weighted by Gasteiger charge is -2.33. The van der Waals surface area contributed by atoms with Gasteiger partial charge in [-0.2, -0.15) is 4.98 Å². The zero-order chi connectivity index (χ0) is 16.9. The predicted octanol–water partition coefficient (Wildman–Crippen LogP) is 2.76. The van der Waals surface area contributed by atoms with Gasteiger partial charge in [-0.1, -0.05) is 12.1 Å². The normalized spacial score (nSPS) is 18.4. The van der Waals surface area contributed by atoms with E-state index in [2.05, 4.69) is 20.2 Å². The summed E-state index contributed by atoms with van der Waals surface area (Å²) in [5.41, 5.74) is 1.15. The van der Waals surface area contributed by atoms with Crippen molar-refractivity contribution in [1.82, 2.24) is 14.9 Å². The number of aromatic nitrogens is 2. The van der Waals surface area contributed by atoms with Gasteiger partial charge in [-0.05, 0) is 43.1 Å². The van der Waals surface area contributed by atoms with Gasteiger partial charge in [-0.25, -0.2) is 9.37 Å². The van der Waals surface area contributed by atoms with E-state index in [1.54, 1.807) is 6.20 Å². The largest absolute Gasteiger partial charge is 0.366 e. The second kappa shape index (κ2) is 7.57. The summed E-state index contributed by atoms with van der Waals surface area (Å²) in [6.07, 6.45) is 4.05. The Morgan fingerprint density at radius 3 is 2.79 bits per heavy atom. The lowest BCUT2D eigenvalue weighted by Crippen LogP contribution is -2.41. The number of hydrogen-bond acceptors (Lipinski definition) is 5. The predicted molar refractivity (Wildman–Crippen MR) is 94.7 cm³/mol. The molecule has 0 radical (unpaired) electrons. The van der Waals surface area contributed by atoms with Gasteiger partial charge in [0.1, 0.15) is 11.6 Å². The molecule has 24 heavy (non-hydrogen) atoms. The maximum Gasteiger partial charge on any atom is 0.226 e. The minimum Gasteiger partial charge on any atom is -0.366 e. The molecule has 1 unspecified atom stereocenters. The molecule has 1 N–H and O–H groups in total. The maximum atomic E-state index is 13.0. The van der Waals surface area contributed by atoms with E-state index in [-0.39, 0.29) is 5.82 Å². The van der Waals surface area contributed by atoms with Gasteiger partial charge in [0.2, 0.25) is 5.95 Å². The van der Waals surface area contributed by atoms with Crippen molar-refractivity contribution in [1.29, 1.82) is 0 Å². The van der Waals surface area contributed by atoms with Crippen LogP contribution < -0.4 is 10.2 Å². The maximum absolute atomic E-state index is 13.0. The lowest BCUT2D eigenvalue weighted by molar-refractivity contribution is 0.208. The van der Waals surface area contributed by atoms with Gasteiger partial charge in [0.25, 0.3) is 0 Å². The minimum atomic E-state index is -0.183. The average molecular weight is 329 g/mol. The molecule has 128 valence electrons. The van der Waals surface area contributed by atoms with Crippen LogP contribution in [-0.4, -0.2) is 48.1 Å². The fourth-order valence-electron chi connectivity index (χ4n) is 3.02. The van der Waals surface area contributed by atoms with Crippen LogP contribution in [0, 0.1) is 5.82 Å². The highest BCUT2D eigenvalue weighted by Crippen LogP contribution is 2.18. The molecular weight excluding hydrogens is 305 g/mol. The van der Waals surface area contributed by atoms with E-state index in [0.29, 0.717) is 12.0 Å². The summed E-state index contributed by atoms with van der Waals surface area (Å²) in [6, 6.07) is 9.05. The quantitative estimate of drug-likeness (QED) is 0.914. The second-order valence-electron chi connectivity index (χ2n) is 6.48. The minimum absolute atomic E-state index is 0.183. The SMILES string of the molecule is CN(C)c1nccc(NC2CCCN(Cc3ccc(F)cc3)C2)n1. The zero-order valence-corrected chi connectivity index (χ0v) is 14.2. The summed E-state index contributed by atoms with van der Waals surface area (Å²) in [6.45, 7) is 2.88. The molecular formula is C18H24FN5. The monoisotopic (exact) mass is 329 g/mol. The van der Waals surface area contributed by atoms with Crippen molar-refractivity contribution in [3.8, 4) is 0 Å². The first-order chi connectivity index (χ1) is 11.6. The molecule has 2 aromatic rings. The van der Waals surface area contributed by atoms with Gasteiger partial charge in [0, 0.05) is 39.4 Å². The van der Waals surface area contributed by atoms with Gasteiger partial charge in [0.15, 0.2) is 0 Å². The molecule has 1 aliphatic rings. The zero-order valence-electron chi connectivity index (χ0n) is 14.2. The van der Waals surface area contributed by atoms with E-state index >= 15 is 0 Å². The first-order valence-electron chi connectivity index (χ1n) is 8.34. The molecule has 2 heterocycles. The fourth-order valence-corrected chi connectivity index (χ4v) is 3.02. The number of piperidine rings is 1. The van der Waals surface area contributed by atoms with Crippen molar-refractivity contribution >= 4 is 11.8 Å². The van der Waals surface area contributed by atoms with E-state index in [9.17, 15) is 4.39 Å². The van der Waals surface area contributed by atoms with Crippen molar-refractivity contribution in [2.75, 3.05) is 37.4 Å². The first kappa shape index (κ1) is 16.6. The molecule has 6 heteroatoms. The van der Waals surface area contributed by atoms with Crippen molar-refractivity contribution < 1.29 is 4.39 Å². The third-order valence-corrected chi connectivity index (χ3v) is 4.22. The molecule has 1 aliphatic heterocycles. The average Bonchev–Trinajstić information content (AvgIpc) is 2.57. The Hall–Kier alpha value is -2.21. The molecule has 1 saturated heterocycles. The highest BCUT2D eigenvalue weighted by Gasteiger charge is 2.20. The molecule has 0 spiro atoms. The van der Waals surface area contributed by atoms with Gasteiger partial charge in [0.05, 0.1) is 0 Å². The Morgan fingerprint density at radius 2 is 2.04 bits per heavy atom. The summed E-state index contributed by atoms with van der Waals surface area (Å²) in [5.74, 6) is 1.39. The standard InChI is InChI=1S/C18H24FN5/c1-23(2)18-20-10-9-17(22-18)21-16-4-3-11-24(13-16)12-14-5-7-15(19)8-6-14/h5-10,16H,3-4,11-13H2,1-2H3,(H,20,21,22). The molecule has 1 atom stereocenters. The van der Waals surface area contributed by atoms with E-state index in [1.165, 1.54) is 12.1 Å². The Balaban J connectivity index is 1.59. The van der Waals surface area contributed by atoms with Crippen molar-refractivity contribution in [3.05, 3.63) is 47.9 Å². The van der Waals surface area contributed by atoms with E-state index < -0.39 is 0 Å². The fraction of sp³-hybridized carbons (Fsp3) is 0.444. The Labute approximate surface area is 142 Å². The number of likely N-dealkylation sites (tertiary alicyclic amines) is 1. The van der Waals surface area contributed by atoms with Gasteiger partial charge >= 0.3 is 0 Å². The number of halogens is 1. The van der Waals surface area contributed by atoms with Crippen LogP contribution in [0.1, 0.15) is 18.4 Å². The molecule has 0 aliphatic carbocycles. The van der Waals surface area contributed by atoms with Crippen LogP contribution in [0.15, 0.2) is 36.5 Å². The summed E-state index contributed by atoms with van der Waals surface area (Å²) in [7, 11) is 3.87. The van der Waals surface area contributed by atoms with E-state index in [4.69, 9.17) is 0 Å². The summed E-state index contributed by atoms with van der Waals surface area (Å²) in [5, 5.41) is 3.52. The van der Waals surface area contributed by atoms with Gasteiger partial charge < -0.3 is 10.2 Å². The Bertz CT molecular complexity index is 659. The van der Waals surface area contributed by atoms with Crippen LogP contribution in [0.3, 0.4) is 0 Å². The molecule has 1 aromatic heterocycles. The van der Waals surface area contributed by atoms with Crippen molar-refractivity contribution in [2.45, 2.75) is 25.4 Å². The van der Waals surface area contributed by atoms with Crippen LogP contribution in [0.4, 0.5) is 16.2 Å². The molecule has 3 rings (SSSR count). The molecule has 0 amide bonds. The molecule has 1 fully saturated rings.